The lowest BCUT2D eigenvalue weighted by Crippen LogP contribution is -2.28. The molecule has 0 bridgehead atoms. The Hall–Kier alpha value is -12.6. The van der Waals surface area contributed by atoms with Gasteiger partial charge in [-0.25, -0.2) is 0 Å². The van der Waals surface area contributed by atoms with Crippen molar-refractivity contribution in [2.45, 2.75) is 31.6 Å². The second-order valence-corrected chi connectivity index (χ2v) is 28.1. The molecule has 0 atom stereocenters. The summed E-state index contributed by atoms with van der Waals surface area (Å²) in [5.41, 5.74) is 26.9. The van der Waals surface area contributed by atoms with E-state index in [1.165, 1.54) is 127 Å². The van der Waals surface area contributed by atoms with Gasteiger partial charge in [0, 0.05) is 32.7 Å². The van der Waals surface area contributed by atoms with Crippen LogP contribution in [0.25, 0.3) is 165 Å². The molecule has 0 radical (unpaired) electrons. The second-order valence-electron chi connectivity index (χ2n) is 28.1. The van der Waals surface area contributed by atoms with Crippen LogP contribution in [0.2, 0.25) is 0 Å². The zero-order chi connectivity index (χ0) is 67.3. The maximum Gasteiger partial charge on any atom is 0.143 e. The van der Waals surface area contributed by atoms with Gasteiger partial charge in [0.2, 0.25) is 0 Å². The molecular formula is C99H68O2. The van der Waals surface area contributed by atoms with Gasteiger partial charge < -0.3 is 8.83 Å². The molecule has 0 spiro atoms. The van der Waals surface area contributed by atoms with Gasteiger partial charge in [-0.1, -0.05) is 336 Å². The number of hydrogen-bond acceptors (Lipinski definition) is 2. The minimum absolute atomic E-state index is 0.146. The number of benzene rings is 17. The third-order valence-corrected chi connectivity index (χ3v) is 21.4. The van der Waals surface area contributed by atoms with Crippen molar-refractivity contribution in [1.29, 1.82) is 0 Å². The van der Waals surface area contributed by atoms with E-state index in [1.807, 2.05) is 24.3 Å². The Balaban J connectivity index is 0.000000147. The Bertz CT molecular complexity index is 6400. The molecule has 1 aliphatic rings. The second kappa shape index (κ2) is 23.8. The smallest absolute Gasteiger partial charge is 0.143 e. The molecule has 2 heteroatoms. The molecule has 0 unspecified atom stereocenters. The highest BCUT2D eigenvalue weighted by Gasteiger charge is 2.46. The van der Waals surface area contributed by atoms with Gasteiger partial charge in [0.25, 0.3) is 0 Å². The van der Waals surface area contributed by atoms with Crippen LogP contribution < -0.4 is 0 Å². The van der Waals surface area contributed by atoms with E-state index in [9.17, 15) is 0 Å². The fourth-order valence-electron chi connectivity index (χ4n) is 16.4. The third kappa shape index (κ3) is 9.92. The summed E-state index contributed by atoms with van der Waals surface area (Å²) in [5.74, 6) is 0. The van der Waals surface area contributed by atoms with Gasteiger partial charge in [0.05, 0.1) is 5.41 Å². The molecule has 476 valence electrons. The molecular weight excluding hydrogens is 1220 g/mol. The Morgan fingerprint density at radius 3 is 1.07 bits per heavy atom. The molecule has 0 fully saturated rings. The van der Waals surface area contributed by atoms with Crippen molar-refractivity contribution in [2.24, 2.45) is 0 Å². The predicted octanol–water partition coefficient (Wildman–Crippen LogP) is 27.4. The maximum absolute atomic E-state index is 6.39. The first-order valence-corrected chi connectivity index (χ1v) is 35.1. The molecule has 2 aromatic heterocycles. The zero-order valence-corrected chi connectivity index (χ0v) is 56.4. The van der Waals surface area contributed by atoms with E-state index >= 15 is 0 Å². The highest BCUT2D eigenvalue weighted by molar-refractivity contribution is 6.17. The molecule has 0 saturated heterocycles. The Morgan fingerprint density at radius 1 is 0.218 bits per heavy atom. The van der Waals surface area contributed by atoms with Crippen molar-refractivity contribution < 1.29 is 8.83 Å². The van der Waals surface area contributed by atoms with Crippen LogP contribution in [-0.2, 0) is 10.8 Å². The van der Waals surface area contributed by atoms with Crippen LogP contribution in [0.4, 0.5) is 0 Å². The fraction of sp³-hybridized carbons (Fsp3) is 0.0505. The van der Waals surface area contributed by atoms with Crippen LogP contribution >= 0.6 is 0 Å². The van der Waals surface area contributed by atoms with Gasteiger partial charge in [-0.15, -0.1) is 0 Å². The van der Waals surface area contributed by atoms with Gasteiger partial charge in [-0.3, -0.25) is 0 Å². The molecule has 101 heavy (non-hydrogen) atoms. The minimum Gasteiger partial charge on any atom is -0.455 e. The first-order valence-electron chi connectivity index (χ1n) is 35.1. The molecule has 0 aliphatic heterocycles. The lowest BCUT2D eigenvalue weighted by Gasteiger charge is -2.34. The zero-order valence-electron chi connectivity index (χ0n) is 56.4. The average molecular weight is 1290 g/mol. The Morgan fingerprint density at radius 2 is 0.574 bits per heavy atom. The summed E-state index contributed by atoms with van der Waals surface area (Å²) in [6.07, 6.45) is 0. The van der Waals surface area contributed by atoms with Gasteiger partial charge in [0.1, 0.15) is 22.3 Å². The molecule has 0 amide bonds. The molecule has 20 rings (SSSR count). The molecule has 2 nitrogen and oxygen atoms in total. The lowest BCUT2D eigenvalue weighted by molar-refractivity contribution is 0.590. The standard InChI is InChI=1S/C57H36O.C42H32O/c1-3-14-42(15-4-1)57(43-16-5-2-6-17-43)53-24-11-9-20-47(53)48-33-32-40(36-54(48)57)39-30-31-41-35-51(45-18-7-8-19-46(45)52(41)34-39)38-28-26-37(27-29-38)44-22-13-23-50-49-21-10-12-25-55(49)58-56(44)50;1-42(2,3)32-23-21-27(22-24-32)30-19-20-31-26-38(34-9-4-5-10-35(34)39(31)25-30)29-17-15-28(16-18-29)33-12-8-13-37-36-11-6-7-14-40(36)43-41(33)37/h1-36H;4-26H,1-3H3. The van der Waals surface area contributed by atoms with Crippen LogP contribution in [0, 0.1) is 0 Å². The Kier molecular flexibility index (Phi) is 14.1. The highest BCUT2D eigenvalue weighted by Crippen LogP contribution is 2.57. The van der Waals surface area contributed by atoms with Crippen molar-refractivity contribution in [3.8, 4) is 77.9 Å². The predicted molar refractivity (Wildman–Crippen MR) is 426 cm³/mol. The van der Waals surface area contributed by atoms with Crippen molar-refractivity contribution in [1.82, 2.24) is 0 Å². The number of fused-ring (bicyclic) bond motifs is 15. The third-order valence-electron chi connectivity index (χ3n) is 21.4. The van der Waals surface area contributed by atoms with E-state index in [0.717, 1.165) is 66.1 Å². The highest BCUT2D eigenvalue weighted by atomic mass is 16.3. The monoisotopic (exact) mass is 1290 g/mol. The SMILES string of the molecule is CC(C)(C)c1ccc(-c2ccc3cc(-c4ccc(-c5cccc6c5oc5ccccc56)cc4)c4ccccc4c3c2)cc1.c1ccc(C2(c3ccccc3)c3ccccc3-c3ccc(-c4ccc5cc(-c6ccc(-c7cccc8c7oc7ccccc78)cc6)c6ccccc6c5c4)cc32)cc1. The van der Waals surface area contributed by atoms with Gasteiger partial charge >= 0.3 is 0 Å². The molecule has 19 aromatic rings. The summed E-state index contributed by atoms with van der Waals surface area (Å²) in [5, 5.41) is 14.7. The summed E-state index contributed by atoms with van der Waals surface area (Å²) >= 11 is 0. The molecule has 17 aromatic carbocycles. The number of furan rings is 2. The lowest BCUT2D eigenvalue weighted by atomic mass is 9.67. The van der Waals surface area contributed by atoms with Crippen LogP contribution in [0.15, 0.2) is 367 Å². The van der Waals surface area contributed by atoms with Crippen LogP contribution in [-0.4, -0.2) is 0 Å². The van der Waals surface area contributed by atoms with Crippen LogP contribution in [0.3, 0.4) is 0 Å². The molecule has 1 aliphatic carbocycles. The Labute approximate surface area is 587 Å². The van der Waals surface area contributed by atoms with E-state index in [2.05, 4.69) is 354 Å². The van der Waals surface area contributed by atoms with Gasteiger partial charge in [0.15, 0.2) is 0 Å². The van der Waals surface area contributed by atoms with E-state index in [4.69, 9.17) is 8.83 Å². The first kappa shape index (κ1) is 59.6. The summed E-state index contributed by atoms with van der Waals surface area (Å²) in [7, 11) is 0. The van der Waals surface area contributed by atoms with Crippen LogP contribution in [0.5, 0.6) is 0 Å². The maximum atomic E-state index is 6.39. The summed E-state index contributed by atoms with van der Waals surface area (Å²) in [6, 6.07) is 131. The normalized spacial score (nSPS) is 12.6. The molecule has 0 N–H and O–H groups in total. The van der Waals surface area contributed by atoms with Crippen LogP contribution in [0.1, 0.15) is 48.6 Å². The number of para-hydroxylation sites is 4. The van der Waals surface area contributed by atoms with Gasteiger partial charge in [-0.05, 0) is 186 Å². The van der Waals surface area contributed by atoms with Crippen molar-refractivity contribution >= 4 is 87.0 Å². The summed E-state index contributed by atoms with van der Waals surface area (Å²) < 4.78 is 12.7. The van der Waals surface area contributed by atoms with Crippen molar-refractivity contribution in [3.05, 3.63) is 386 Å². The van der Waals surface area contributed by atoms with Crippen molar-refractivity contribution in [2.75, 3.05) is 0 Å². The minimum atomic E-state index is -0.434. The number of rotatable bonds is 8. The fourth-order valence-corrected chi connectivity index (χ4v) is 16.4. The summed E-state index contributed by atoms with van der Waals surface area (Å²) in [6.45, 7) is 6.78. The first-order chi connectivity index (χ1) is 49.7. The number of hydrogen-bond donors (Lipinski definition) is 0. The van der Waals surface area contributed by atoms with E-state index in [0.29, 0.717) is 0 Å². The van der Waals surface area contributed by atoms with E-state index < -0.39 is 5.41 Å². The van der Waals surface area contributed by atoms with E-state index in [1.54, 1.807) is 0 Å². The molecule has 2 heterocycles. The largest absolute Gasteiger partial charge is 0.455 e. The van der Waals surface area contributed by atoms with E-state index in [-0.39, 0.29) is 5.41 Å². The quantitative estimate of drug-likeness (QED) is 0.142. The molecule has 0 saturated carbocycles. The van der Waals surface area contributed by atoms with Gasteiger partial charge in [-0.2, -0.15) is 0 Å². The summed E-state index contributed by atoms with van der Waals surface area (Å²) in [4.78, 5) is 0. The topological polar surface area (TPSA) is 26.3 Å². The average Bonchev–Trinajstić information content (AvgIpc) is 1.55. The van der Waals surface area contributed by atoms with Crippen molar-refractivity contribution in [3.63, 3.8) is 0 Å².